The molecule has 0 spiro atoms. The summed E-state index contributed by atoms with van der Waals surface area (Å²) < 4.78 is 22.7. The number of nitrogens with one attached hydrogen (secondary N) is 2. The molecule has 0 aromatic heterocycles. The number of amides is 3. The summed E-state index contributed by atoms with van der Waals surface area (Å²) in [5.74, 6) is -2.95. The van der Waals surface area contributed by atoms with Gasteiger partial charge >= 0.3 is 11.9 Å². The molecule has 1 aliphatic carbocycles. The van der Waals surface area contributed by atoms with Crippen molar-refractivity contribution in [3.63, 3.8) is 0 Å². The van der Waals surface area contributed by atoms with Gasteiger partial charge in [0.2, 0.25) is 17.7 Å². The summed E-state index contributed by atoms with van der Waals surface area (Å²) >= 11 is 0. The maximum Gasteiger partial charge on any atom is 0.327 e. The third kappa shape index (κ3) is 8.26. The summed E-state index contributed by atoms with van der Waals surface area (Å²) in [4.78, 5) is 73.9. The van der Waals surface area contributed by atoms with Crippen molar-refractivity contribution >= 4 is 35.7 Å². The summed E-state index contributed by atoms with van der Waals surface area (Å²) in [5.41, 5.74) is -0.876. The summed E-state index contributed by atoms with van der Waals surface area (Å²) in [5, 5.41) is 27.3. The number of fused-ring (bicyclic) bond motifs is 4. The normalized spacial score (nSPS) is 28.7. The van der Waals surface area contributed by atoms with Crippen LogP contribution in [0, 0.1) is 5.41 Å². The number of carbonyl (C=O) groups is 5. The number of hydroxylamine groups is 2. The molecule has 3 aliphatic heterocycles. The first kappa shape index (κ1) is 38.3. The molecule has 1 aromatic rings. The predicted molar refractivity (Wildman–Crippen MR) is 178 cm³/mol. The highest BCUT2D eigenvalue weighted by molar-refractivity contribution is 5.96. The molecule has 0 radical (unpaired) electrons. The minimum absolute atomic E-state index is 0.000337. The number of rotatable bonds is 13. The monoisotopic (exact) mass is 716 g/mol. The fourth-order valence-corrected chi connectivity index (χ4v) is 6.99. The first-order chi connectivity index (χ1) is 24.0. The number of likely N-dealkylation sites (N-methyl/N-ethyl adjacent to an activating group) is 1. The Kier molecular flexibility index (Phi) is 11.5. The van der Waals surface area contributed by atoms with Gasteiger partial charge in [0.15, 0.2) is 6.04 Å². The minimum Gasteiger partial charge on any atom is -0.460 e. The van der Waals surface area contributed by atoms with Crippen LogP contribution in [0.1, 0.15) is 58.1 Å². The second-order valence-electron chi connectivity index (χ2n) is 14.6. The smallest absolute Gasteiger partial charge is 0.327 e. The number of esters is 2. The van der Waals surface area contributed by atoms with Crippen LogP contribution in [-0.2, 0) is 54.3 Å². The van der Waals surface area contributed by atoms with Gasteiger partial charge in [-0.25, -0.2) is 0 Å². The van der Waals surface area contributed by atoms with Crippen molar-refractivity contribution in [1.29, 1.82) is 0 Å². The van der Waals surface area contributed by atoms with Crippen LogP contribution in [0.4, 0.5) is 0 Å². The van der Waals surface area contributed by atoms with Gasteiger partial charge in [0.05, 0.1) is 25.3 Å². The number of ether oxygens (including phenoxy) is 4. The third-order valence-corrected chi connectivity index (χ3v) is 9.38. The molecule has 1 aromatic carbocycles. The quantitative estimate of drug-likeness (QED) is 0.155. The Morgan fingerprint density at radius 1 is 1.16 bits per heavy atom. The molecule has 9 atom stereocenters. The topological polar surface area (TPSA) is 202 Å². The van der Waals surface area contributed by atoms with Crippen LogP contribution in [0.15, 0.2) is 30.3 Å². The zero-order chi connectivity index (χ0) is 37.2. The molecule has 5 rings (SSSR count). The Hall–Kier alpha value is -3.93. The van der Waals surface area contributed by atoms with E-state index in [1.165, 1.54) is 23.0 Å². The lowest BCUT2D eigenvalue weighted by atomic mass is 9.62. The van der Waals surface area contributed by atoms with Crippen LogP contribution >= 0.6 is 0 Å². The summed E-state index contributed by atoms with van der Waals surface area (Å²) in [7, 11) is 3.29. The molecule has 4 N–H and O–H groups in total. The van der Waals surface area contributed by atoms with Gasteiger partial charge in [-0.05, 0) is 51.3 Å². The van der Waals surface area contributed by atoms with Gasteiger partial charge in [-0.2, -0.15) is 5.06 Å². The van der Waals surface area contributed by atoms with E-state index < -0.39 is 90.0 Å². The SMILES string of the molecule is C[C@H](O)[C@@H](NC(=O)[C@@]12C[C@H]3OC(=O)[C@@H]1N(Cc1cccc(C=CC(=O)N(C)C)c1)O[C@@H]2[C@H]1OCO[C@H]13)C(=O)N[C@H](CO)CCC(=O)OC(C)(C)C. The number of aliphatic hydroxyl groups excluding tert-OH is 2. The molecule has 0 unspecified atom stereocenters. The summed E-state index contributed by atoms with van der Waals surface area (Å²) in [6.45, 7) is 5.93. The van der Waals surface area contributed by atoms with E-state index in [0.717, 1.165) is 5.56 Å². The first-order valence-corrected chi connectivity index (χ1v) is 17.0. The highest BCUT2D eigenvalue weighted by Crippen LogP contribution is 2.55. The number of nitrogens with zero attached hydrogens (tertiary/aromatic N) is 2. The van der Waals surface area contributed by atoms with Crippen molar-refractivity contribution in [3.8, 4) is 0 Å². The fraction of sp³-hybridized carbons (Fsp3) is 0.629. The van der Waals surface area contributed by atoms with Crippen molar-refractivity contribution in [2.45, 2.75) is 108 Å². The molecule has 3 saturated heterocycles. The number of benzene rings is 1. The third-order valence-electron chi connectivity index (χ3n) is 9.38. The number of aliphatic hydroxyl groups is 2. The first-order valence-electron chi connectivity index (χ1n) is 17.0. The van der Waals surface area contributed by atoms with Crippen LogP contribution < -0.4 is 10.6 Å². The number of carbonyl (C=O) groups excluding carboxylic acids is 5. The second-order valence-corrected chi connectivity index (χ2v) is 14.6. The molecular formula is C35H48N4O12. The lowest BCUT2D eigenvalue weighted by Crippen LogP contribution is -2.71. The van der Waals surface area contributed by atoms with Gasteiger partial charge in [-0.1, -0.05) is 24.3 Å². The van der Waals surface area contributed by atoms with E-state index in [2.05, 4.69) is 10.6 Å². The molecule has 3 heterocycles. The van der Waals surface area contributed by atoms with Gasteiger partial charge in [-0.15, -0.1) is 0 Å². The lowest BCUT2D eigenvalue weighted by Gasteiger charge is -2.49. The maximum atomic E-state index is 14.5. The van der Waals surface area contributed by atoms with Crippen LogP contribution in [0.25, 0.3) is 6.08 Å². The van der Waals surface area contributed by atoms with E-state index in [0.29, 0.717) is 5.56 Å². The molecule has 4 fully saturated rings. The van der Waals surface area contributed by atoms with Crippen LogP contribution in [0.2, 0.25) is 0 Å². The Labute approximate surface area is 296 Å². The average molecular weight is 717 g/mol. The Morgan fingerprint density at radius 3 is 2.55 bits per heavy atom. The van der Waals surface area contributed by atoms with Gasteiger partial charge in [-0.3, -0.25) is 28.8 Å². The van der Waals surface area contributed by atoms with Crippen molar-refractivity contribution in [2.24, 2.45) is 5.41 Å². The van der Waals surface area contributed by atoms with E-state index in [4.69, 9.17) is 23.8 Å². The van der Waals surface area contributed by atoms with Crippen molar-refractivity contribution in [2.75, 3.05) is 27.5 Å². The highest BCUT2D eigenvalue weighted by Gasteiger charge is 2.74. The molecule has 4 aliphatic rings. The molecule has 1 saturated carbocycles. The van der Waals surface area contributed by atoms with Crippen molar-refractivity contribution in [3.05, 3.63) is 41.5 Å². The predicted octanol–water partition coefficient (Wildman–Crippen LogP) is -0.206. The molecular weight excluding hydrogens is 668 g/mol. The molecule has 51 heavy (non-hydrogen) atoms. The van der Waals surface area contributed by atoms with Crippen LogP contribution in [0.5, 0.6) is 0 Å². The summed E-state index contributed by atoms with van der Waals surface area (Å²) in [6.07, 6.45) is -1.65. The minimum atomic E-state index is -1.61. The summed E-state index contributed by atoms with van der Waals surface area (Å²) in [6, 6.07) is 3.60. The van der Waals surface area contributed by atoms with Crippen molar-refractivity contribution < 1.29 is 58.0 Å². The highest BCUT2D eigenvalue weighted by atomic mass is 16.8. The molecule has 16 heteroatoms. The van der Waals surface area contributed by atoms with Gasteiger partial charge in [0, 0.05) is 33.0 Å². The average Bonchev–Trinajstić information content (AvgIpc) is 3.68. The lowest BCUT2D eigenvalue weighted by molar-refractivity contribution is -0.201. The van der Waals surface area contributed by atoms with Crippen LogP contribution in [-0.4, -0.2) is 132 Å². The van der Waals surface area contributed by atoms with Gasteiger partial charge in [0.1, 0.15) is 48.3 Å². The van der Waals surface area contributed by atoms with E-state index >= 15 is 0 Å². The number of hydrogen-bond donors (Lipinski definition) is 4. The maximum absolute atomic E-state index is 14.5. The molecule has 16 nitrogen and oxygen atoms in total. The van der Waals surface area contributed by atoms with Gasteiger partial charge < -0.3 is 44.7 Å². The molecule has 280 valence electrons. The largest absolute Gasteiger partial charge is 0.460 e. The zero-order valence-corrected chi connectivity index (χ0v) is 29.7. The fourth-order valence-electron chi connectivity index (χ4n) is 6.99. The zero-order valence-electron chi connectivity index (χ0n) is 29.7. The second kappa shape index (κ2) is 15.4. The van der Waals surface area contributed by atoms with E-state index in [-0.39, 0.29) is 38.5 Å². The molecule has 2 bridgehead atoms. The van der Waals surface area contributed by atoms with E-state index in [9.17, 15) is 34.2 Å². The van der Waals surface area contributed by atoms with E-state index in [1.807, 2.05) is 18.2 Å². The van der Waals surface area contributed by atoms with Crippen LogP contribution in [0.3, 0.4) is 0 Å². The van der Waals surface area contributed by atoms with E-state index in [1.54, 1.807) is 47.0 Å². The Balaban J connectivity index is 1.37. The van der Waals surface area contributed by atoms with Crippen molar-refractivity contribution in [1.82, 2.24) is 20.6 Å². The molecule has 3 amide bonds. The Bertz CT molecular complexity index is 1530. The van der Waals surface area contributed by atoms with Gasteiger partial charge in [0.25, 0.3) is 0 Å². The standard InChI is InChI=1S/C35H48N4O12/c1-19(41)26(31(44)36-22(17-40)11-13-25(43)50-34(2,3)4)37-33(46)35-15-23-27-28(48-18-47-27)30(35)51-39(29(35)32(45)49-23)16-21-9-7-8-20(14-21)10-12-24(42)38(5)6/h7-10,12,14,19,22-23,26-30,40-41H,11,13,15-18H2,1-6H3,(H,36,44)(H,37,46)/t19-,22-,23+,26+,27-,28-,29-,30+,35-/m0/s1. The number of hydrogen-bond acceptors (Lipinski definition) is 13. The Morgan fingerprint density at radius 2 is 1.88 bits per heavy atom.